The Morgan fingerprint density at radius 1 is 0.815 bits per heavy atom. The predicted octanol–water partition coefficient (Wildman–Crippen LogP) is 8.16. The number of carbonyl (C=O) groups is 1. The van der Waals surface area contributed by atoms with Crippen molar-refractivity contribution in [3.05, 3.63) is 35.9 Å². The molecule has 0 amide bonds. The third kappa shape index (κ3) is 10.7. The highest BCUT2D eigenvalue weighted by atomic mass is 16.1. The zero-order valence-corrected chi connectivity index (χ0v) is 18.3. The second-order valence-electron chi connectivity index (χ2n) is 8.86. The molecule has 2 unspecified atom stereocenters. The number of hydrogen-bond acceptors (Lipinski definition) is 1. The van der Waals surface area contributed by atoms with Gasteiger partial charge in [-0.1, -0.05) is 128 Å². The fourth-order valence-electron chi connectivity index (χ4n) is 3.99. The lowest BCUT2D eigenvalue weighted by atomic mass is 9.73. The molecule has 2 atom stereocenters. The first kappa shape index (κ1) is 23.9. The zero-order valence-electron chi connectivity index (χ0n) is 18.3. The van der Waals surface area contributed by atoms with Crippen molar-refractivity contribution in [2.75, 3.05) is 0 Å². The van der Waals surface area contributed by atoms with Crippen LogP contribution < -0.4 is 0 Å². The quantitative estimate of drug-likeness (QED) is 0.199. The number of unbranched alkanes of at least 4 members (excludes halogenated alkanes) is 11. The van der Waals surface area contributed by atoms with Gasteiger partial charge in [-0.3, -0.25) is 0 Å². The molecule has 0 aliphatic heterocycles. The molecule has 0 aliphatic rings. The molecule has 0 fully saturated rings. The molecule has 154 valence electrons. The van der Waals surface area contributed by atoms with Crippen LogP contribution in [0.5, 0.6) is 0 Å². The molecule has 0 saturated carbocycles. The van der Waals surface area contributed by atoms with Crippen LogP contribution in [0.4, 0.5) is 0 Å². The molecule has 0 N–H and O–H groups in total. The summed E-state index contributed by atoms with van der Waals surface area (Å²) < 4.78 is 0. The van der Waals surface area contributed by atoms with E-state index in [1.54, 1.807) is 0 Å². The topological polar surface area (TPSA) is 17.1 Å². The van der Waals surface area contributed by atoms with Crippen LogP contribution in [-0.2, 0) is 11.2 Å². The molecular weight excluding hydrogens is 328 g/mol. The molecule has 1 heteroatoms. The van der Waals surface area contributed by atoms with Crippen molar-refractivity contribution in [1.82, 2.24) is 0 Å². The second-order valence-corrected chi connectivity index (χ2v) is 8.86. The van der Waals surface area contributed by atoms with Gasteiger partial charge in [-0.25, -0.2) is 0 Å². The normalized spacial score (nSPS) is 14.6. The monoisotopic (exact) mass is 372 g/mol. The van der Waals surface area contributed by atoms with E-state index >= 15 is 0 Å². The molecule has 1 aromatic rings. The van der Waals surface area contributed by atoms with Crippen LogP contribution in [0.2, 0.25) is 0 Å². The van der Waals surface area contributed by atoms with Crippen molar-refractivity contribution in [3.63, 3.8) is 0 Å². The van der Waals surface area contributed by atoms with Crippen LogP contribution in [0.25, 0.3) is 0 Å². The summed E-state index contributed by atoms with van der Waals surface area (Å²) in [6, 6.07) is 10.4. The van der Waals surface area contributed by atoms with Crippen molar-refractivity contribution in [3.8, 4) is 0 Å². The molecule has 1 rings (SSSR count). The van der Waals surface area contributed by atoms with Gasteiger partial charge < -0.3 is 4.79 Å². The van der Waals surface area contributed by atoms with E-state index in [1.165, 1.54) is 95.3 Å². The number of hydrogen-bond donors (Lipinski definition) is 0. The molecule has 1 aromatic carbocycles. The van der Waals surface area contributed by atoms with Crippen molar-refractivity contribution in [2.24, 2.45) is 11.3 Å². The van der Waals surface area contributed by atoms with Crippen LogP contribution in [0.1, 0.15) is 110 Å². The third-order valence-electron chi connectivity index (χ3n) is 6.31. The maximum atomic E-state index is 11.8. The Morgan fingerprint density at radius 3 is 1.78 bits per heavy atom. The largest absolute Gasteiger partial charge is 0.303 e. The smallest absolute Gasteiger partial charge is 0.126 e. The van der Waals surface area contributed by atoms with Crippen molar-refractivity contribution in [2.45, 2.75) is 111 Å². The molecule has 0 heterocycles. The van der Waals surface area contributed by atoms with E-state index in [9.17, 15) is 4.79 Å². The van der Waals surface area contributed by atoms with Crippen molar-refractivity contribution < 1.29 is 4.79 Å². The highest BCUT2D eigenvalue weighted by Crippen LogP contribution is 2.33. The maximum Gasteiger partial charge on any atom is 0.126 e. The first-order valence-electron chi connectivity index (χ1n) is 11.6. The van der Waals surface area contributed by atoms with E-state index in [-0.39, 0.29) is 5.41 Å². The van der Waals surface area contributed by atoms with Crippen molar-refractivity contribution in [1.29, 1.82) is 0 Å². The lowest BCUT2D eigenvalue weighted by molar-refractivity contribution is -0.117. The highest BCUT2D eigenvalue weighted by molar-refractivity contribution is 5.60. The minimum absolute atomic E-state index is 0.237. The van der Waals surface area contributed by atoms with E-state index in [1.807, 2.05) is 6.07 Å². The summed E-state index contributed by atoms with van der Waals surface area (Å²) >= 11 is 0. The van der Waals surface area contributed by atoms with Gasteiger partial charge in [0.05, 0.1) is 0 Å². The van der Waals surface area contributed by atoms with E-state index in [0.29, 0.717) is 5.92 Å². The van der Waals surface area contributed by atoms with Crippen LogP contribution in [0, 0.1) is 11.3 Å². The van der Waals surface area contributed by atoms with E-state index in [2.05, 4.69) is 45.0 Å². The number of benzene rings is 1. The van der Waals surface area contributed by atoms with E-state index < -0.39 is 0 Å². The van der Waals surface area contributed by atoms with Gasteiger partial charge >= 0.3 is 0 Å². The molecule has 0 saturated heterocycles. The van der Waals surface area contributed by atoms with Gasteiger partial charge in [-0.15, -0.1) is 0 Å². The first-order valence-corrected chi connectivity index (χ1v) is 11.6. The summed E-state index contributed by atoms with van der Waals surface area (Å²) in [6.07, 6.45) is 19.9. The standard InChI is InChI=1S/C26H44O/c1-4-5-6-7-8-9-10-11-12-13-14-16-19-24(2)26(3,23-27)22-25-20-17-15-18-21-25/h15,17-18,20-21,23-24H,4-14,16,19,22H2,1-3H3. The SMILES string of the molecule is CCCCCCCCCCCCCCC(C)C(C)(C=O)Cc1ccccc1. The Labute approximate surface area is 169 Å². The fraction of sp³-hybridized carbons (Fsp3) is 0.731. The summed E-state index contributed by atoms with van der Waals surface area (Å²) in [4.78, 5) is 11.8. The minimum atomic E-state index is -0.237. The summed E-state index contributed by atoms with van der Waals surface area (Å²) in [5.74, 6) is 0.443. The predicted molar refractivity (Wildman–Crippen MR) is 119 cm³/mol. The Hall–Kier alpha value is -1.11. The van der Waals surface area contributed by atoms with E-state index in [4.69, 9.17) is 0 Å². The summed E-state index contributed by atoms with van der Waals surface area (Å²) in [5.41, 5.74) is 1.03. The van der Waals surface area contributed by atoms with Crippen LogP contribution >= 0.6 is 0 Å². The van der Waals surface area contributed by atoms with Crippen LogP contribution in [-0.4, -0.2) is 6.29 Å². The molecular formula is C26H44O. The van der Waals surface area contributed by atoms with Gasteiger partial charge in [0.15, 0.2) is 0 Å². The Balaban J connectivity index is 2.08. The average molecular weight is 373 g/mol. The molecule has 0 bridgehead atoms. The maximum absolute atomic E-state index is 11.8. The highest BCUT2D eigenvalue weighted by Gasteiger charge is 2.30. The second kappa shape index (κ2) is 14.9. The molecule has 0 aromatic heterocycles. The first-order chi connectivity index (χ1) is 13.1. The summed E-state index contributed by atoms with van der Waals surface area (Å²) in [7, 11) is 0. The molecule has 0 aliphatic carbocycles. The van der Waals surface area contributed by atoms with Crippen molar-refractivity contribution >= 4 is 6.29 Å². The summed E-state index contributed by atoms with van der Waals surface area (Å²) in [6.45, 7) is 6.68. The number of aldehydes is 1. The van der Waals surface area contributed by atoms with Gasteiger partial charge in [0.2, 0.25) is 0 Å². The van der Waals surface area contributed by atoms with Gasteiger partial charge in [-0.2, -0.15) is 0 Å². The van der Waals surface area contributed by atoms with Gasteiger partial charge in [-0.05, 0) is 24.3 Å². The molecule has 1 nitrogen and oxygen atoms in total. The number of rotatable bonds is 17. The zero-order chi connectivity index (χ0) is 19.8. The summed E-state index contributed by atoms with van der Waals surface area (Å²) in [5, 5.41) is 0. The van der Waals surface area contributed by atoms with Crippen LogP contribution in [0.15, 0.2) is 30.3 Å². The van der Waals surface area contributed by atoms with E-state index in [0.717, 1.165) is 6.42 Å². The average Bonchev–Trinajstić information content (AvgIpc) is 2.69. The molecule has 27 heavy (non-hydrogen) atoms. The molecule has 0 spiro atoms. The Bertz CT molecular complexity index is 466. The third-order valence-corrected chi connectivity index (χ3v) is 6.31. The Kier molecular flexibility index (Phi) is 13.2. The fourth-order valence-corrected chi connectivity index (χ4v) is 3.99. The Morgan fingerprint density at radius 2 is 1.30 bits per heavy atom. The van der Waals surface area contributed by atoms with Gasteiger partial charge in [0, 0.05) is 5.41 Å². The lowest BCUT2D eigenvalue weighted by Crippen LogP contribution is -2.29. The molecule has 0 radical (unpaired) electrons. The van der Waals surface area contributed by atoms with Gasteiger partial charge in [0.25, 0.3) is 0 Å². The van der Waals surface area contributed by atoms with Crippen LogP contribution in [0.3, 0.4) is 0 Å². The number of carbonyl (C=O) groups excluding carboxylic acids is 1. The minimum Gasteiger partial charge on any atom is -0.303 e. The lowest BCUT2D eigenvalue weighted by Gasteiger charge is -2.30. The van der Waals surface area contributed by atoms with Gasteiger partial charge in [0.1, 0.15) is 6.29 Å².